The van der Waals surface area contributed by atoms with Gasteiger partial charge in [-0.3, -0.25) is 14.5 Å². The monoisotopic (exact) mass is 383 g/mol. The van der Waals surface area contributed by atoms with Crippen LogP contribution in [0.5, 0.6) is 0 Å². The van der Waals surface area contributed by atoms with Gasteiger partial charge in [0.1, 0.15) is 12.1 Å². The van der Waals surface area contributed by atoms with Crippen LogP contribution in [-0.2, 0) is 22.4 Å². The molecule has 0 bridgehead atoms. The summed E-state index contributed by atoms with van der Waals surface area (Å²) in [5.41, 5.74) is 1.44. The first-order valence-electron chi connectivity index (χ1n) is 10.5. The normalized spacial score (nSPS) is 25.0. The average Bonchev–Trinajstić information content (AvgIpc) is 2.93. The van der Waals surface area contributed by atoms with E-state index in [0.717, 1.165) is 42.6 Å². The van der Waals surface area contributed by atoms with E-state index >= 15 is 0 Å². The number of rotatable bonds is 4. The smallest absolute Gasteiger partial charge is 0.325 e. The molecule has 0 radical (unpaired) electrons. The Balaban J connectivity index is 1.48. The van der Waals surface area contributed by atoms with Gasteiger partial charge < -0.3 is 10.2 Å². The molecule has 1 aromatic carbocycles. The number of urea groups is 1. The first-order valence-corrected chi connectivity index (χ1v) is 10.5. The number of amides is 4. The van der Waals surface area contributed by atoms with Gasteiger partial charge in [-0.25, -0.2) is 4.79 Å². The van der Waals surface area contributed by atoms with Crippen molar-refractivity contribution in [1.82, 2.24) is 15.1 Å². The summed E-state index contributed by atoms with van der Waals surface area (Å²) in [6, 6.07) is 7.87. The molecule has 4 rings (SSSR count). The van der Waals surface area contributed by atoms with Crippen LogP contribution in [0.4, 0.5) is 4.79 Å². The summed E-state index contributed by atoms with van der Waals surface area (Å²) >= 11 is 0. The number of nitrogens with zero attached hydrogens (tertiary/aromatic N) is 2. The van der Waals surface area contributed by atoms with Crippen molar-refractivity contribution >= 4 is 17.8 Å². The number of benzene rings is 1. The topological polar surface area (TPSA) is 69.7 Å². The highest BCUT2D eigenvalue weighted by Crippen LogP contribution is 2.33. The minimum absolute atomic E-state index is 0.119. The van der Waals surface area contributed by atoms with Crippen LogP contribution in [0.2, 0.25) is 0 Å². The largest absolute Gasteiger partial charge is 0.338 e. The number of carbonyl (C=O) groups is 3. The molecule has 0 aromatic heterocycles. The lowest BCUT2D eigenvalue weighted by atomic mass is 9.78. The fourth-order valence-electron chi connectivity index (χ4n) is 5.10. The summed E-state index contributed by atoms with van der Waals surface area (Å²) in [6.07, 6.45) is 7.37. The van der Waals surface area contributed by atoms with E-state index in [-0.39, 0.29) is 24.4 Å². The molecule has 1 aliphatic heterocycles. The highest BCUT2D eigenvalue weighted by molar-refractivity contribution is 6.09. The lowest BCUT2D eigenvalue weighted by Crippen LogP contribution is -2.52. The van der Waals surface area contributed by atoms with Crippen molar-refractivity contribution in [3.8, 4) is 0 Å². The molecular weight excluding hydrogens is 354 g/mol. The summed E-state index contributed by atoms with van der Waals surface area (Å²) in [5.74, 6) is -0.369. The Kier molecular flexibility index (Phi) is 5.13. The maximum absolute atomic E-state index is 13.2. The van der Waals surface area contributed by atoms with E-state index in [9.17, 15) is 14.4 Å². The molecule has 6 nitrogen and oxygen atoms in total. The predicted octanol–water partition coefficient (Wildman–Crippen LogP) is 2.65. The minimum Gasteiger partial charge on any atom is -0.338 e. The van der Waals surface area contributed by atoms with Gasteiger partial charge in [0, 0.05) is 19.0 Å². The molecule has 1 aromatic rings. The Hall–Kier alpha value is -2.37. The number of imide groups is 1. The summed E-state index contributed by atoms with van der Waals surface area (Å²) in [7, 11) is 0. The van der Waals surface area contributed by atoms with Gasteiger partial charge in [-0.2, -0.15) is 0 Å². The van der Waals surface area contributed by atoms with Crippen LogP contribution < -0.4 is 5.32 Å². The molecule has 1 unspecified atom stereocenters. The second kappa shape index (κ2) is 7.57. The highest BCUT2D eigenvalue weighted by Gasteiger charge is 2.52. The van der Waals surface area contributed by atoms with E-state index in [4.69, 9.17) is 0 Å². The van der Waals surface area contributed by atoms with Crippen molar-refractivity contribution in [2.24, 2.45) is 0 Å². The summed E-state index contributed by atoms with van der Waals surface area (Å²) in [5, 5.41) is 2.92. The van der Waals surface area contributed by atoms with Crippen molar-refractivity contribution in [1.29, 1.82) is 0 Å². The zero-order chi connectivity index (χ0) is 19.7. The van der Waals surface area contributed by atoms with E-state index in [1.807, 2.05) is 30.0 Å². The zero-order valence-electron chi connectivity index (χ0n) is 16.6. The predicted molar refractivity (Wildman–Crippen MR) is 106 cm³/mol. The fourth-order valence-corrected chi connectivity index (χ4v) is 5.10. The van der Waals surface area contributed by atoms with Gasteiger partial charge in [-0.15, -0.1) is 0 Å². The van der Waals surface area contributed by atoms with E-state index in [1.165, 1.54) is 12.0 Å². The summed E-state index contributed by atoms with van der Waals surface area (Å²) < 4.78 is 0. The van der Waals surface area contributed by atoms with Gasteiger partial charge in [0.05, 0.1) is 0 Å². The van der Waals surface area contributed by atoms with Gasteiger partial charge in [-0.1, -0.05) is 43.5 Å². The van der Waals surface area contributed by atoms with E-state index < -0.39 is 11.6 Å². The van der Waals surface area contributed by atoms with Gasteiger partial charge in [0.2, 0.25) is 5.91 Å². The van der Waals surface area contributed by atoms with Crippen LogP contribution in [0.1, 0.15) is 56.6 Å². The Bertz CT molecular complexity index is 787. The summed E-state index contributed by atoms with van der Waals surface area (Å²) in [6.45, 7) is 2.43. The molecule has 28 heavy (non-hydrogen) atoms. The second-order valence-electron chi connectivity index (χ2n) is 8.32. The Morgan fingerprint density at radius 1 is 1.18 bits per heavy atom. The molecular formula is C22H29N3O3. The minimum atomic E-state index is -0.895. The Morgan fingerprint density at radius 2 is 1.89 bits per heavy atom. The first kappa shape index (κ1) is 19.0. The Labute approximate surface area is 166 Å². The lowest BCUT2D eigenvalue weighted by Gasteiger charge is -2.35. The number of likely N-dealkylation sites (N-methyl/N-ethyl adjacent to an activating group) is 1. The number of aryl methyl sites for hydroxylation is 1. The maximum Gasteiger partial charge on any atom is 0.325 e. The van der Waals surface area contributed by atoms with Gasteiger partial charge in [-0.05, 0) is 43.7 Å². The third-order valence-corrected chi connectivity index (χ3v) is 6.65. The molecule has 1 saturated carbocycles. The first-order chi connectivity index (χ1) is 13.5. The quantitative estimate of drug-likeness (QED) is 0.813. The van der Waals surface area contributed by atoms with Crippen molar-refractivity contribution in [2.45, 2.75) is 69.9 Å². The molecule has 1 heterocycles. The molecule has 150 valence electrons. The van der Waals surface area contributed by atoms with Crippen molar-refractivity contribution < 1.29 is 14.4 Å². The zero-order valence-corrected chi connectivity index (χ0v) is 16.6. The van der Waals surface area contributed by atoms with Crippen LogP contribution in [0, 0.1) is 0 Å². The third kappa shape index (κ3) is 3.29. The number of nitrogens with one attached hydrogen (secondary N) is 1. The second-order valence-corrected chi connectivity index (χ2v) is 8.32. The Morgan fingerprint density at radius 3 is 2.61 bits per heavy atom. The molecule has 3 aliphatic rings. The number of carbonyl (C=O) groups excluding carboxylic acids is 3. The number of fused-ring (bicyclic) bond motifs is 1. The average molecular weight is 383 g/mol. The van der Waals surface area contributed by atoms with Crippen LogP contribution in [0.3, 0.4) is 0 Å². The highest BCUT2D eigenvalue weighted by atomic mass is 16.2. The van der Waals surface area contributed by atoms with Crippen LogP contribution in [-0.4, -0.2) is 52.3 Å². The fraction of sp³-hybridized carbons (Fsp3) is 0.591. The van der Waals surface area contributed by atoms with Crippen LogP contribution in [0.15, 0.2) is 24.3 Å². The van der Waals surface area contributed by atoms with Gasteiger partial charge in [0.15, 0.2) is 0 Å². The van der Waals surface area contributed by atoms with E-state index in [2.05, 4.69) is 11.4 Å². The van der Waals surface area contributed by atoms with E-state index in [0.29, 0.717) is 19.4 Å². The maximum atomic E-state index is 13.2. The number of hydrogen-bond donors (Lipinski definition) is 1. The lowest BCUT2D eigenvalue weighted by molar-refractivity contribution is -0.140. The summed E-state index contributed by atoms with van der Waals surface area (Å²) in [4.78, 5) is 41.8. The van der Waals surface area contributed by atoms with Gasteiger partial charge in [0.25, 0.3) is 5.91 Å². The molecule has 2 aliphatic carbocycles. The van der Waals surface area contributed by atoms with Crippen molar-refractivity contribution in [3.05, 3.63) is 35.4 Å². The van der Waals surface area contributed by atoms with Gasteiger partial charge >= 0.3 is 6.03 Å². The van der Waals surface area contributed by atoms with Crippen LogP contribution >= 0.6 is 0 Å². The SMILES string of the molecule is CCN(C(=O)CN1C(=O)NC2(CCc3ccccc3C2)C1=O)C1CCCCC1. The molecule has 1 saturated heterocycles. The third-order valence-electron chi connectivity index (χ3n) is 6.65. The van der Waals surface area contributed by atoms with Crippen LogP contribution in [0.25, 0.3) is 0 Å². The standard InChI is InChI=1S/C22H29N3O3/c1-2-24(18-10-4-3-5-11-18)19(26)15-25-20(27)22(23-21(25)28)13-12-16-8-6-7-9-17(16)14-22/h6-9,18H,2-5,10-15H2,1H3,(H,23,28). The molecule has 1 spiro atoms. The molecule has 1 atom stereocenters. The number of hydrogen-bond acceptors (Lipinski definition) is 3. The molecule has 1 N–H and O–H groups in total. The molecule has 6 heteroatoms. The van der Waals surface area contributed by atoms with Crippen molar-refractivity contribution in [2.75, 3.05) is 13.1 Å². The molecule has 2 fully saturated rings. The van der Waals surface area contributed by atoms with E-state index in [1.54, 1.807) is 0 Å². The molecule has 4 amide bonds. The van der Waals surface area contributed by atoms with Crippen molar-refractivity contribution in [3.63, 3.8) is 0 Å².